The fourth-order valence-corrected chi connectivity index (χ4v) is 2.57. The van der Waals surface area contributed by atoms with Crippen LogP contribution >= 0.6 is 0 Å². The summed E-state index contributed by atoms with van der Waals surface area (Å²) in [6.07, 6.45) is 0. The molecular formula is C17H28N2O5S. The second-order valence-electron chi connectivity index (χ2n) is 6.35. The molecule has 1 aromatic rings. The Labute approximate surface area is 150 Å². The van der Waals surface area contributed by atoms with Crippen LogP contribution in [0, 0.1) is 0 Å². The Kier molecular flexibility index (Phi) is 7.69. The lowest BCUT2D eigenvalue weighted by Crippen LogP contribution is -2.34. The molecular weight excluding hydrogens is 344 g/mol. The van der Waals surface area contributed by atoms with E-state index in [2.05, 4.69) is 0 Å². The Morgan fingerprint density at radius 3 is 2.28 bits per heavy atom. The van der Waals surface area contributed by atoms with Gasteiger partial charge in [-0.3, -0.25) is 4.79 Å². The molecule has 1 rings (SSSR count). The van der Waals surface area contributed by atoms with E-state index in [9.17, 15) is 13.2 Å². The Morgan fingerprint density at radius 2 is 1.80 bits per heavy atom. The van der Waals surface area contributed by atoms with Crippen molar-refractivity contribution < 1.29 is 22.1 Å². The van der Waals surface area contributed by atoms with Gasteiger partial charge in [0.2, 0.25) is 5.91 Å². The molecule has 0 atom stereocenters. The predicted molar refractivity (Wildman–Crippen MR) is 97.3 cm³/mol. The van der Waals surface area contributed by atoms with E-state index in [1.807, 2.05) is 19.0 Å². The molecule has 142 valence electrons. The van der Waals surface area contributed by atoms with Crippen LogP contribution in [0.5, 0.6) is 11.5 Å². The van der Waals surface area contributed by atoms with Crippen molar-refractivity contribution in [3.8, 4) is 11.5 Å². The molecule has 25 heavy (non-hydrogen) atoms. The van der Waals surface area contributed by atoms with Gasteiger partial charge in [0.1, 0.15) is 0 Å². The number of ether oxygens (including phenoxy) is 1. The van der Waals surface area contributed by atoms with E-state index < -0.39 is 15.4 Å². The quantitative estimate of drug-likeness (QED) is 0.615. The fourth-order valence-electron chi connectivity index (χ4n) is 1.99. The molecule has 0 bridgehead atoms. The minimum Gasteiger partial charge on any atom is -0.493 e. The van der Waals surface area contributed by atoms with Gasteiger partial charge in [-0.25, -0.2) is 0 Å². The van der Waals surface area contributed by atoms with Crippen LogP contribution < -0.4 is 8.92 Å². The molecule has 0 spiro atoms. The van der Waals surface area contributed by atoms with E-state index >= 15 is 0 Å². The van der Waals surface area contributed by atoms with E-state index in [-0.39, 0.29) is 11.7 Å². The summed E-state index contributed by atoms with van der Waals surface area (Å²) in [5.74, 6) is 0.412. The average Bonchev–Trinajstić information content (AvgIpc) is 2.50. The molecule has 8 heteroatoms. The third kappa shape index (κ3) is 6.55. The molecule has 1 amide bonds. The van der Waals surface area contributed by atoms with Crippen LogP contribution in [0.3, 0.4) is 0 Å². The number of carbonyl (C=O) groups excluding carboxylic acids is 1. The van der Waals surface area contributed by atoms with Gasteiger partial charge in [0.05, 0.1) is 12.4 Å². The minimum absolute atomic E-state index is 0.0464. The third-order valence-corrected chi connectivity index (χ3v) is 5.21. The SMILES string of the molecule is COc1ccc(CN(CCN(C)C)C(C)=O)cc1OS(=O)(=O)C(C)C. The number of likely N-dealkylation sites (N-methyl/N-ethyl adjacent to an activating group) is 1. The van der Waals surface area contributed by atoms with E-state index in [0.717, 1.165) is 12.1 Å². The first-order chi connectivity index (χ1) is 11.6. The Hall–Kier alpha value is -1.80. The number of hydrogen-bond acceptors (Lipinski definition) is 6. The molecule has 0 unspecified atom stereocenters. The topological polar surface area (TPSA) is 76.2 Å². The van der Waals surface area contributed by atoms with Crippen molar-refractivity contribution in [3.05, 3.63) is 23.8 Å². The van der Waals surface area contributed by atoms with Gasteiger partial charge >= 0.3 is 10.1 Å². The summed E-state index contributed by atoms with van der Waals surface area (Å²) in [4.78, 5) is 15.5. The maximum Gasteiger partial charge on any atom is 0.311 e. The monoisotopic (exact) mass is 372 g/mol. The van der Waals surface area contributed by atoms with Crippen molar-refractivity contribution in [2.24, 2.45) is 0 Å². The van der Waals surface area contributed by atoms with E-state index in [1.165, 1.54) is 14.0 Å². The Morgan fingerprint density at radius 1 is 1.16 bits per heavy atom. The third-order valence-electron chi connectivity index (χ3n) is 3.65. The highest BCUT2D eigenvalue weighted by molar-refractivity contribution is 7.87. The van der Waals surface area contributed by atoms with Crippen molar-refractivity contribution in [1.29, 1.82) is 0 Å². The van der Waals surface area contributed by atoms with Gasteiger partial charge in [-0.1, -0.05) is 6.07 Å². The van der Waals surface area contributed by atoms with Crippen LogP contribution in [-0.2, 0) is 21.5 Å². The average molecular weight is 372 g/mol. The molecule has 0 N–H and O–H groups in total. The van der Waals surface area contributed by atoms with Crippen LogP contribution in [0.4, 0.5) is 0 Å². The lowest BCUT2D eigenvalue weighted by Gasteiger charge is -2.23. The highest BCUT2D eigenvalue weighted by atomic mass is 32.2. The van der Waals surface area contributed by atoms with Crippen LogP contribution in [0.25, 0.3) is 0 Å². The lowest BCUT2D eigenvalue weighted by molar-refractivity contribution is -0.129. The summed E-state index contributed by atoms with van der Waals surface area (Å²) in [6, 6.07) is 5.04. The van der Waals surface area contributed by atoms with E-state index in [4.69, 9.17) is 8.92 Å². The molecule has 0 aliphatic rings. The van der Waals surface area contributed by atoms with Gasteiger partial charge in [0, 0.05) is 26.6 Å². The van der Waals surface area contributed by atoms with Gasteiger partial charge in [0.25, 0.3) is 0 Å². The van der Waals surface area contributed by atoms with Gasteiger partial charge in [-0.15, -0.1) is 0 Å². The summed E-state index contributed by atoms with van der Waals surface area (Å²) in [5.41, 5.74) is 0.767. The Balaban J connectivity index is 3.05. The molecule has 0 aromatic heterocycles. The molecule has 0 aliphatic carbocycles. The number of carbonyl (C=O) groups is 1. The number of amides is 1. The first-order valence-electron chi connectivity index (χ1n) is 8.07. The smallest absolute Gasteiger partial charge is 0.311 e. The van der Waals surface area contributed by atoms with Crippen LogP contribution in [-0.4, -0.2) is 63.7 Å². The zero-order chi connectivity index (χ0) is 19.2. The number of benzene rings is 1. The zero-order valence-corrected chi connectivity index (χ0v) is 16.6. The van der Waals surface area contributed by atoms with Crippen LogP contribution in [0.1, 0.15) is 26.3 Å². The van der Waals surface area contributed by atoms with Crippen LogP contribution in [0.15, 0.2) is 18.2 Å². The molecule has 0 saturated carbocycles. The number of nitrogens with zero attached hydrogens (tertiary/aromatic N) is 2. The highest BCUT2D eigenvalue weighted by Gasteiger charge is 2.21. The zero-order valence-electron chi connectivity index (χ0n) is 15.8. The lowest BCUT2D eigenvalue weighted by atomic mass is 10.2. The molecule has 7 nitrogen and oxygen atoms in total. The molecule has 1 aromatic carbocycles. The number of hydrogen-bond donors (Lipinski definition) is 0. The van der Waals surface area contributed by atoms with E-state index in [0.29, 0.717) is 18.8 Å². The number of rotatable bonds is 9. The summed E-state index contributed by atoms with van der Waals surface area (Å²) in [5, 5.41) is -0.672. The standard InChI is InChI=1S/C17H28N2O5S/c1-13(2)25(21,22)24-17-11-15(7-8-16(17)23-6)12-19(14(3)20)10-9-18(4)5/h7-8,11,13H,9-10,12H2,1-6H3. The molecule has 0 aliphatic heterocycles. The fraction of sp³-hybridized carbons (Fsp3) is 0.588. The summed E-state index contributed by atoms with van der Waals surface area (Å²) in [7, 11) is 1.59. The van der Waals surface area contributed by atoms with Gasteiger partial charge in [-0.05, 0) is 45.6 Å². The van der Waals surface area contributed by atoms with Crippen molar-refractivity contribution in [3.63, 3.8) is 0 Å². The van der Waals surface area contributed by atoms with Gasteiger partial charge in [0.15, 0.2) is 11.5 Å². The second kappa shape index (κ2) is 9.05. The molecule has 0 saturated heterocycles. The Bertz CT molecular complexity index is 686. The van der Waals surface area contributed by atoms with Gasteiger partial charge in [-0.2, -0.15) is 8.42 Å². The summed E-state index contributed by atoms with van der Waals surface area (Å²) in [6.45, 7) is 6.29. The molecule has 0 fully saturated rings. The molecule has 0 heterocycles. The first kappa shape index (κ1) is 21.2. The minimum atomic E-state index is -3.73. The van der Waals surface area contributed by atoms with E-state index in [1.54, 1.807) is 36.9 Å². The molecule has 0 radical (unpaired) electrons. The van der Waals surface area contributed by atoms with Gasteiger partial charge < -0.3 is 18.7 Å². The summed E-state index contributed by atoms with van der Waals surface area (Å²) >= 11 is 0. The van der Waals surface area contributed by atoms with Crippen molar-refractivity contribution in [2.75, 3.05) is 34.3 Å². The second-order valence-corrected chi connectivity index (χ2v) is 8.45. The highest BCUT2D eigenvalue weighted by Crippen LogP contribution is 2.30. The predicted octanol–water partition coefficient (Wildman–Crippen LogP) is 1.72. The normalized spacial score (nSPS) is 11.7. The largest absolute Gasteiger partial charge is 0.493 e. The van der Waals surface area contributed by atoms with Crippen molar-refractivity contribution in [1.82, 2.24) is 9.80 Å². The number of methoxy groups -OCH3 is 1. The maximum absolute atomic E-state index is 12.0. The maximum atomic E-state index is 12.0. The van der Waals surface area contributed by atoms with Crippen molar-refractivity contribution in [2.45, 2.75) is 32.6 Å². The summed E-state index contributed by atoms with van der Waals surface area (Å²) < 4.78 is 34.5. The van der Waals surface area contributed by atoms with Crippen LogP contribution in [0.2, 0.25) is 0 Å². The van der Waals surface area contributed by atoms with Crippen molar-refractivity contribution >= 4 is 16.0 Å². The first-order valence-corrected chi connectivity index (χ1v) is 9.54.